The molecule has 0 radical (unpaired) electrons. The van der Waals surface area contributed by atoms with Crippen molar-refractivity contribution >= 4 is 30.4 Å². The average molecular weight is 477 g/mol. The van der Waals surface area contributed by atoms with E-state index in [2.05, 4.69) is 81.4 Å². The number of unbranched alkanes of at least 4 members (excludes halogenated alkanes) is 5. The third kappa shape index (κ3) is 20.0. The van der Waals surface area contributed by atoms with Gasteiger partial charge in [0.15, 0.2) is 0 Å². The minimum Gasteiger partial charge on any atom is -1.00 e. The van der Waals surface area contributed by atoms with Gasteiger partial charge in [-0.05, 0) is 0 Å². The molecule has 0 unspecified atom stereocenters. The molecule has 0 aliphatic rings. The Balaban J connectivity index is 0. The molecule has 2 aromatic rings. The van der Waals surface area contributed by atoms with Crippen molar-refractivity contribution in [1.82, 2.24) is 0 Å². The van der Waals surface area contributed by atoms with Crippen LogP contribution in [0.15, 0.2) is 60.7 Å². The van der Waals surface area contributed by atoms with Crippen LogP contribution < -0.4 is 24.8 Å². The van der Waals surface area contributed by atoms with Crippen LogP contribution in [-0.2, 0) is 10.6 Å². The summed E-state index contributed by atoms with van der Waals surface area (Å²) in [6.07, 6.45) is 8.62. The molecule has 0 aromatic heterocycles. The summed E-state index contributed by atoms with van der Waals surface area (Å²) in [5, 5.41) is 5.57. The second-order valence-corrected chi connectivity index (χ2v) is 11.2. The van der Waals surface area contributed by atoms with E-state index < -0.39 is 0 Å². The second kappa shape index (κ2) is 23.7. The zero-order valence-electron chi connectivity index (χ0n) is 19.3. The van der Waals surface area contributed by atoms with Crippen LogP contribution in [0.25, 0.3) is 0 Å². The molecule has 30 heavy (non-hydrogen) atoms. The molecule has 0 bridgehead atoms. The maximum absolute atomic E-state index is 2.30. The normalized spacial score (nSPS) is 9.33. The number of hydrogen-bond acceptors (Lipinski definition) is 0. The minimum atomic E-state index is 0. The topological polar surface area (TPSA) is 0 Å². The Bertz CT molecular complexity index is 562. The van der Waals surface area contributed by atoms with Crippen molar-refractivity contribution in [3.8, 4) is 0 Å². The fourth-order valence-electron chi connectivity index (χ4n) is 3.15. The fourth-order valence-corrected chi connectivity index (χ4v) is 5.98. The molecule has 0 fully saturated rings. The largest absolute Gasteiger partial charge is 1.00 e. The molecule has 0 spiro atoms. The average Bonchev–Trinajstić information content (AvgIpc) is 2.72. The molecule has 0 aliphatic carbocycles. The third-order valence-electron chi connectivity index (χ3n) is 4.85. The number of rotatable bonds is 13. The summed E-state index contributed by atoms with van der Waals surface area (Å²) in [6, 6.07) is 21.7. The first-order chi connectivity index (χ1) is 13.7. The van der Waals surface area contributed by atoms with Gasteiger partial charge in [0.2, 0.25) is 0 Å². The van der Waals surface area contributed by atoms with Gasteiger partial charge in [-0.25, -0.2) is 0 Å². The number of benzene rings is 2. The Labute approximate surface area is 212 Å². The van der Waals surface area contributed by atoms with Crippen molar-refractivity contribution in [2.45, 2.75) is 80.4 Å². The van der Waals surface area contributed by atoms with Gasteiger partial charge >= 0.3 is 189 Å². The van der Waals surface area contributed by atoms with Crippen LogP contribution in [0.4, 0.5) is 0 Å². The SMILES string of the molecule is CC(C)[CH2][Al+][CH2]c1ccccc1.CCCCCCC[CH2][Al+][CH2]c1ccccc1.[Cl-].[Cl-]. The predicted octanol–water partition coefficient (Wildman–Crippen LogP) is 1.64. The molecule has 0 amide bonds. The molecule has 0 heterocycles. The van der Waals surface area contributed by atoms with Crippen molar-refractivity contribution in [2.75, 3.05) is 0 Å². The third-order valence-corrected chi connectivity index (χ3v) is 8.46. The summed E-state index contributed by atoms with van der Waals surface area (Å²) >= 11 is 1.28. The van der Waals surface area contributed by atoms with Gasteiger partial charge in [0.1, 0.15) is 0 Å². The van der Waals surface area contributed by atoms with Crippen LogP contribution in [0, 0.1) is 5.92 Å². The van der Waals surface area contributed by atoms with Crippen LogP contribution in [0.2, 0.25) is 10.6 Å². The predicted molar refractivity (Wildman–Crippen MR) is 130 cm³/mol. The van der Waals surface area contributed by atoms with Crippen LogP contribution in [0.3, 0.4) is 0 Å². The first kappa shape index (κ1) is 32.3. The monoisotopic (exact) mass is 476 g/mol. The Morgan fingerprint density at radius 2 is 1.10 bits per heavy atom. The molecule has 0 saturated carbocycles. The summed E-state index contributed by atoms with van der Waals surface area (Å²) in [7, 11) is 0. The summed E-state index contributed by atoms with van der Waals surface area (Å²) in [5.74, 6) is 0.878. The van der Waals surface area contributed by atoms with Crippen LogP contribution >= 0.6 is 0 Å². The Hall–Kier alpha value is 0.0849. The molecule has 4 heteroatoms. The molecule has 0 atom stereocenters. The first-order valence-corrected chi connectivity index (χ1v) is 14.7. The Morgan fingerprint density at radius 3 is 1.60 bits per heavy atom. The van der Waals surface area contributed by atoms with Gasteiger partial charge in [-0.2, -0.15) is 0 Å². The van der Waals surface area contributed by atoms with E-state index in [1.807, 2.05) is 0 Å². The van der Waals surface area contributed by atoms with Gasteiger partial charge in [0.05, 0.1) is 0 Å². The summed E-state index contributed by atoms with van der Waals surface area (Å²) < 4.78 is 0. The Kier molecular flexibility index (Phi) is 25.5. The zero-order chi connectivity index (χ0) is 20.3. The van der Waals surface area contributed by atoms with Crippen LogP contribution in [0.5, 0.6) is 0 Å². The van der Waals surface area contributed by atoms with E-state index in [-0.39, 0.29) is 24.8 Å². The van der Waals surface area contributed by atoms with Crippen molar-refractivity contribution in [3.63, 3.8) is 0 Å². The molecule has 0 saturated heterocycles. The van der Waals surface area contributed by atoms with Gasteiger partial charge in [-0.15, -0.1) is 0 Å². The standard InChI is InChI=1S/C8H17.2C7H7.C4H9.2Al.2ClH/c1-3-5-7-8-6-4-2;2*1-7-5-3-2-4-6-7;1-4(2)3;;;;/h1,3-8H2,2H3;2*2-6H,1H2;4H,1H2,2-3H3;;;2*1H/q;;;;2*+1;;/p-2. The quantitative estimate of drug-likeness (QED) is 0.304. The maximum Gasteiger partial charge on any atom is -1.00 e. The molecule has 164 valence electrons. The fraction of sp³-hybridized carbons (Fsp3) is 0.538. The van der Waals surface area contributed by atoms with Crippen molar-refractivity contribution in [1.29, 1.82) is 0 Å². The van der Waals surface area contributed by atoms with Gasteiger partial charge in [-0.3, -0.25) is 0 Å². The summed E-state index contributed by atoms with van der Waals surface area (Å²) in [5.41, 5.74) is 3.04. The van der Waals surface area contributed by atoms with E-state index in [4.69, 9.17) is 0 Å². The minimum absolute atomic E-state index is 0. The second-order valence-electron chi connectivity index (χ2n) is 8.14. The molecule has 0 aliphatic heterocycles. The summed E-state index contributed by atoms with van der Waals surface area (Å²) in [6.45, 7) is 6.89. The number of hydrogen-bond donors (Lipinski definition) is 0. The smallest absolute Gasteiger partial charge is 1.00 e. The molecule has 2 rings (SSSR count). The molecule has 2 aromatic carbocycles. The van der Waals surface area contributed by atoms with Gasteiger partial charge < -0.3 is 24.8 Å². The van der Waals surface area contributed by atoms with Gasteiger partial charge in [-0.1, -0.05) is 0 Å². The molecular weight excluding hydrogens is 437 g/mol. The van der Waals surface area contributed by atoms with E-state index >= 15 is 0 Å². The molecule has 0 N–H and O–H groups in total. The summed E-state index contributed by atoms with van der Waals surface area (Å²) in [4.78, 5) is 0. The number of halogens is 2. The first-order valence-electron chi connectivity index (χ1n) is 11.4. The molecule has 0 nitrogen and oxygen atoms in total. The molecular formula is C26H40Al2Cl2. The van der Waals surface area contributed by atoms with Crippen LogP contribution in [0.1, 0.15) is 70.4 Å². The van der Waals surface area contributed by atoms with Crippen LogP contribution in [-0.4, -0.2) is 30.4 Å². The van der Waals surface area contributed by atoms with E-state index in [1.54, 1.807) is 0 Å². The van der Waals surface area contributed by atoms with Crippen molar-refractivity contribution in [2.24, 2.45) is 5.92 Å². The van der Waals surface area contributed by atoms with Gasteiger partial charge in [0.25, 0.3) is 0 Å². The van der Waals surface area contributed by atoms with E-state index in [0.717, 1.165) is 5.92 Å². The van der Waals surface area contributed by atoms with E-state index in [0.29, 0.717) is 30.4 Å². The Morgan fingerprint density at radius 1 is 0.633 bits per heavy atom. The zero-order valence-corrected chi connectivity index (χ0v) is 23.2. The maximum atomic E-state index is 2.30. The van der Waals surface area contributed by atoms with Crippen molar-refractivity contribution < 1.29 is 24.8 Å². The van der Waals surface area contributed by atoms with E-state index in [9.17, 15) is 0 Å². The van der Waals surface area contributed by atoms with Gasteiger partial charge in [0, 0.05) is 0 Å². The van der Waals surface area contributed by atoms with E-state index in [1.165, 1.54) is 70.8 Å². The van der Waals surface area contributed by atoms with Crippen molar-refractivity contribution in [3.05, 3.63) is 71.8 Å².